The molecule has 1 aromatic rings. The van der Waals surface area contributed by atoms with Gasteiger partial charge in [-0.25, -0.2) is 0 Å². The fourth-order valence-corrected chi connectivity index (χ4v) is 6.22. The Morgan fingerprint density at radius 3 is 1.50 bits per heavy atom. The van der Waals surface area contributed by atoms with E-state index in [1.165, 1.54) is 0 Å². The average molecular weight is 363 g/mol. The summed E-state index contributed by atoms with van der Waals surface area (Å²) >= 11 is 3.37. The third-order valence-electron chi connectivity index (χ3n) is 3.87. The molecule has 1 aromatic carbocycles. The first-order valence-corrected chi connectivity index (χ1v) is 8.97. The van der Waals surface area contributed by atoms with Crippen molar-refractivity contribution in [3.05, 3.63) is 34.3 Å². The second kappa shape index (κ2) is 5.24. The molecule has 20 heavy (non-hydrogen) atoms. The largest absolute Gasteiger partial charge is 0.337 e. The van der Waals surface area contributed by atoms with Gasteiger partial charge in [0, 0.05) is 4.47 Å². The molecule has 0 radical (unpaired) electrons. The zero-order chi connectivity index (χ0) is 16.0. The summed E-state index contributed by atoms with van der Waals surface area (Å²) in [6, 6.07) is 7.27. The van der Waals surface area contributed by atoms with Gasteiger partial charge in [-0.1, -0.05) is 69.6 Å². The summed E-state index contributed by atoms with van der Waals surface area (Å²) in [4.78, 5) is 20.4. The summed E-state index contributed by atoms with van der Waals surface area (Å²) in [7, 11) is -4.40. The Kier molecular flexibility index (Phi) is 4.69. The maximum absolute atomic E-state index is 12.5. The van der Waals surface area contributed by atoms with Crippen molar-refractivity contribution in [1.82, 2.24) is 0 Å². The molecule has 1 rings (SSSR count). The van der Waals surface area contributed by atoms with E-state index < -0.39 is 23.6 Å². The molecular weight excluding hydrogens is 339 g/mol. The third-order valence-corrected chi connectivity index (χ3v) is 6.87. The summed E-state index contributed by atoms with van der Waals surface area (Å²) in [5.41, 5.74) is -0.523. The first-order chi connectivity index (χ1) is 8.75. The summed E-state index contributed by atoms with van der Waals surface area (Å²) in [6.45, 7) is 11.3. The molecule has 5 heteroatoms. The zero-order valence-corrected chi connectivity index (χ0v) is 15.4. The standard InChI is InChI=1S/C15H24BrO3P/c1-13(2,3)15(14(4,5)6,20(17,18)19)11-7-9-12(16)10-8-11/h7-10H,1-6H3,(H2,17,18,19). The van der Waals surface area contributed by atoms with Crippen molar-refractivity contribution in [2.75, 3.05) is 0 Å². The van der Waals surface area contributed by atoms with Crippen LogP contribution in [0.3, 0.4) is 0 Å². The van der Waals surface area contributed by atoms with Crippen LogP contribution in [0, 0.1) is 10.8 Å². The highest BCUT2D eigenvalue weighted by atomic mass is 79.9. The number of hydrogen-bond donors (Lipinski definition) is 2. The molecule has 0 aliphatic heterocycles. The summed E-state index contributed by atoms with van der Waals surface area (Å²) < 4.78 is 13.4. The Hall–Kier alpha value is -0.150. The first kappa shape index (κ1) is 17.9. The Labute approximate surface area is 130 Å². The van der Waals surface area contributed by atoms with Gasteiger partial charge in [0.1, 0.15) is 5.16 Å². The molecule has 0 amide bonds. The van der Waals surface area contributed by atoms with Crippen LogP contribution in [-0.4, -0.2) is 9.79 Å². The number of rotatable bonds is 2. The highest BCUT2D eigenvalue weighted by molar-refractivity contribution is 9.10. The fourth-order valence-electron chi connectivity index (χ4n) is 3.72. The summed E-state index contributed by atoms with van der Waals surface area (Å²) in [6.07, 6.45) is 0. The van der Waals surface area contributed by atoms with Crippen molar-refractivity contribution < 1.29 is 14.4 Å². The van der Waals surface area contributed by atoms with Gasteiger partial charge < -0.3 is 9.79 Å². The number of hydrogen-bond acceptors (Lipinski definition) is 1. The molecule has 0 aliphatic rings. The van der Waals surface area contributed by atoms with Crippen LogP contribution < -0.4 is 0 Å². The molecule has 0 saturated heterocycles. The van der Waals surface area contributed by atoms with E-state index in [9.17, 15) is 14.4 Å². The normalized spacial score (nSPS) is 14.4. The fraction of sp³-hybridized carbons (Fsp3) is 0.600. The van der Waals surface area contributed by atoms with Crippen LogP contribution in [0.1, 0.15) is 47.1 Å². The van der Waals surface area contributed by atoms with Crippen molar-refractivity contribution in [2.45, 2.75) is 46.7 Å². The Morgan fingerprint density at radius 2 is 1.25 bits per heavy atom. The van der Waals surface area contributed by atoms with E-state index >= 15 is 0 Å². The third kappa shape index (κ3) is 2.76. The maximum Gasteiger partial charge on any atom is 0.337 e. The van der Waals surface area contributed by atoms with Crippen LogP contribution in [-0.2, 0) is 9.72 Å². The van der Waals surface area contributed by atoms with Gasteiger partial charge in [0.25, 0.3) is 0 Å². The lowest BCUT2D eigenvalue weighted by Gasteiger charge is -2.53. The molecule has 2 N–H and O–H groups in total. The van der Waals surface area contributed by atoms with Crippen LogP contribution >= 0.6 is 23.5 Å². The van der Waals surface area contributed by atoms with E-state index in [4.69, 9.17) is 0 Å². The van der Waals surface area contributed by atoms with E-state index in [0.29, 0.717) is 5.56 Å². The van der Waals surface area contributed by atoms with Crippen LogP contribution in [0.25, 0.3) is 0 Å². The Bertz CT molecular complexity index is 504. The maximum atomic E-state index is 12.5. The topological polar surface area (TPSA) is 57.5 Å². The molecular formula is C15H24BrO3P. The van der Waals surface area contributed by atoms with Crippen molar-refractivity contribution in [3.8, 4) is 0 Å². The number of benzene rings is 1. The van der Waals surface area contributed by atoms with Crippen molar-refractivity contribution in [1.29, 1.82) is 0 Å². The van der Waals surface area contributed by atoms with Gasteiger partial charge in [-0.3, -0.25) is 4.57 Å². The minimum Gasteiger partial charge on any atom is -0.324 e. The first-order valence-electron chi connectivity index (χ1n) is 6.57. The van der Waals surface area contributed by atoms with Crippen LogP contribution in [0.4, 0.5) is 0 Å². The molecule has 0 atom stereocenters. The molecule has 0 fully saturated rings. The molecule has 0 heterocycles. The van der Waals surface area contributed by atoms with Gasteiger partial charge >= 0.3 is 7.60 Å². The Morgan fingerprint density at radius 1 is 0.900 bits per heavy atom. The van der Waals surface area contributed by atoms with E-state index in [0.717, 1.165) is 4.47 Å². The highest BCUT2D eigenvalue weighted by Gasteiger charge is 2.62. The van der Waals surface area contributed by atoms with Gasteiger partial charge in [-0.05, 0) is 28.5 Å². The van der Waals surface area contributed by atoms with Gasteiger partial charge in [0.2, 0.25) is 0 Å². The van der Waals surface area contributed by atoms with Crippen LogP contribution in [0.15, 0.2) is 28.7 Å². The Balaban J connectivity index is 3.82. The summed E-state index contributed by atoms with van der Waals surface area (Å²) in [5.74, 6) is 0. The predicted molar refractivity (Wildman–Crippen MR) is 86.8 cm³/mol. The quantitative estimate of drug-likeness (QED) is 0.734. The van der Waals surface area contributed by atoms with Crippen molar-refractivity contribution >= 4 is 23.5 Å². The average Bonchev–Trinajstić information content (AvgIpc) is 2.14. The molecule has 0 bridgehead atoms. The van der Waals surface area contributed by atoms with Crippen molar-refractivity contribution in [3.63, 3.8) is 0 Å². The number of halogens is 1. The minimum atomic E-state index is -4.40. The smallest absolute Gasteiger partial charge is 0.324 e. The molecule has 114 valence electrons. The van der Waals surface area contributed by atoms with Gasteiger partial charge in [0.15, 0.2) is 0 Å². The molecule has 0 aliphatic carbocycles. The summed E-state index contributed by atoms with van der Waals surface area (Å²) in [5, 5.41) is -1.26. The van der Waals surface area contributed by atoms with Gasteiger partial charge in [-0.15, -0.1) is 0 Å². The SMILES string of the molecule is CC(C)(C)C(c1ccc(Br)cc1)(C(C)(C)C)P(=O)(O)O. The minimum absolute atomic E-state index is 0.599. The van der Waals surface area contributed by atoms with Gasteiger partial charge in [-0.2, -0.15) is 0 Å². The molecule has 0 spiro atoms. The predicted octanol–water partition coefficient (Wildman–Crippen LogP) is 4.91. The molecule has 0 unspecified atom stereocenters. The molecule has 3 nitrogen and oxygen atoms in total. The van der Waals surface area contributed by atoms with Crippen LogP contribution in [0.2, 0.25) is 0 Å². The monoisotopic (exact) mass is 362 g/mol. The van der Waals surface area contributed by atoms with E-state index in [1.54, 1.807) is 12.1 Å². The second-order valence-electron chi connectivity index (χ2n) is 7.26. The van der Waals surface area contributed by atoms with Gasteiger partial charge in [0.05, 0.1) is 0 Å². The molecule has 0 aromatic heterocycles. The lowest BCUT2D eigenvalue weighted by molar-refractivity contribution is 0.0984. The van der Waals surface area contributed by atoms with Crippen molar-refractivity contribution in [2.24, 2.45) is 10.8 Å². The van der Waals surface area contributed by atoms with E-state index in [1.807, 2.05) is 53.7 Å². The zero-order valence-electron chi connectivity index (χ0n) is 12.9. The lowest BCUT2D eigenvalue weighted by atomic mass is 9.62. The highest BCUT2D eigenvalue weighted by Crippen LogP contribution is 2.72. The second-order valence-corrected chi connectivity index (χ2v) is 9.94. The lowest BCUT2D eigenvalue weighted by Crippen LogP contribution is -2.50. The van der Waals surface area contributed by atoms with E-state index in [2.05, 4.69) is 15.9 Å². The van der Waals surface area contributed by atoms with Crippen LogP contribution in [0.5, 0.6) is 0 Å². The van der Waals surface area contributed by atoms with E-state index in [-0.39, 0.29) is 0 Å². The molecule has 0 saturated carbocycles.